The van der Waals surface area contributed by atoms with Crippen LogP contribution >= 0.6 is 22.9 Å². The van der Waals surface area contributed by atoms with Gasteiger partial charge >= 0.3 is 0 Å². The first-order chi connectivity index (χ1) is 11.4. The van der Waals surface area contributed by atoms with Gasteiger partial charge in [0.2, 0.25) is 5.91 Å². The van der Waals surface area contributed by atoms with Gasteiger partial charge in [-0.3, -0.25) is 9.59 Å². The van der Waals surface area contributed by atoms with Crippen molar-refractivity contribution < 1.29 is 9.59 Å². The van der Waals surface area contributed by atoms with Gasteiger partial charge < -0.3 is 10.6 Å². The average Bonchev–Trinajstić information content (AvgIpc) is 2.85. The summed E-state index contributed by atoms with van der Waals surface area (Å²) in [4.78, 5) is 25.5. The highest BCUT2D eigenvalue weighted by atomic mass is 35.5. The van der Waals surface area contributed by atoms with Crippen LogP contribution < -0.4 is 10.6 Å². The Balaban J connectivity index is 1.93. The number of amides is 2. The minimum absolute atomic E-state index is 0.165. The van der Waals surface area contributed by atoms with Gasteiger partial charge in [0.25, 0.3) is 5.91 Å². The van der Waals surface area contributed by atoms with Crippen LogP contribution in [0.3, 0.4) is 0 Å². The molecule has 2 amide bonds. The molecule has 0 radical (unpaired) electrons. The first-order valence-corrected chi connectivity index (χ1v) is 9.12. The molecule has 0 bridgehead atoms. The zero-order valence-electron chi connectivity index (χ0n) is 13.6. The molecule has 1 aliphatic carbocycles. The molecule has 1 atom stereocenters. The molecule has 1 aromatic carbocycles. The molecule has 0 unspecified atom stereocenters. The largest absolute Gasteiger partial charge is 0.322 e. The number of hydrogen-bond donors (Lipinski definition) is 2. The second-order valence-corrected chi connectivity index (χ2v) is 7.74. The Morgan fingerprint density at radius 1 is 1.21 bits per heavy atom. The molecule has 126 valence electrons. The number of carbonyl (C=O) groups is 2. The van der Waals surface area contributed by atoms with Gasteiger partial charge in [0, 0.05) is 22.5 Å². The van der Waals surface area contributed by atoms with Gasteiger partial charge in [0.1, 0.15) is 5.00 Å². The van der Waals surface area contributed by atoms with E-state index in [4.69, 9.17) is 11.6 Å². The Hall–Kier alpha value is -1.85. The monoisotopic (exact) mass is 362 g/mol. The van der Waals surface area contributed by atoms with Gasteiger partial charge in [-0.1, -0.05) is 18.5 Å². The number of halogens is 1. The maximum Gasteiger partial charge on any atom is 0.258 e. The lowest BCUT2D eigenvalue weighted by Crippen LogP contribution is -2.18. The summed E-state index contributed by atoms with van der Waals surface area (Å²) in [5, 5.41) is 6.99. The molecule has 3 rings (SSSR count). The van der Waals surface area contributed by atoms with Crippen LogP contribution in [0, 0.1) is 5.92 Å². The van der Waals surface area contributed by atoms with Crippen LogP contribution in [0.5, 0.6) is 0 Å². The van der Waals surface area contributed by atoms with Gasteiger partial charge in [-0.15, -0.1) is 11.3 Å². The Labute approximate surface area is 150 Å². The SMILES string of the molecule is CC(=O)Nc1sc2c(c1C(=O)Nc1ccc(Cl)cc1)CC[C@@H](C)C2. The summed E-state index contributed by atoms with van der Waals surface area (Å²) < 4.78 is 0. The first kappa shape index (κ1) is 17.0. The van der Waals surface area contributed by atoms with Crippen LogP contribution in [0.25, 0.3) is 0 Å². The molecule has 6 heteroatoms. The van der Waals surface area contributed by atoms with E-state index in [0.717, 1.165) is 24.8 Å². The van der Waals surface area contributed by atoms with Crippen molar-refractivity contribution in [3.05, 3.63) is 45.3 Å². The van der Waals surface area contributed by atoms with E-state index >= 15 is 0 Å². The third kappa shape index (κ3) is 3.62. The summed E-state index contributed by atoms with van der Waals surface area (Å²) in [6.45, 7) is 3.68. The second kappa shape index (κ2) is 6.95. The third-order valence-electron chi connectivity index (χ3n) is 4.13. The molecule has 1 heterocycles. The molecule has 0 spiro atoms. The maximum atomic E-state index is 12.8. The van der Waals surface area contributed by atoms with Gasteiger partial charge in [0.05, 0.1) is 5.56 Å². The predicted octanol–water partition coefficient (Wildman–Crippen LogP) is 4.74. The fourth-order valence-electron chi connectivity index (χ4n) is 2.97. The molecule has 0 saturated heterocycles. The number of thiophene rings is 1. The minimum Gasteiger partial charge on any atom is -0.322 e. The highest BCUT2D eigenvalue weighted by Gasteiger charge is 2.28. The number of fused-ring (bicyclic) bond motifs is 1. The molecule has 2 N–H and O–H groups in total. The normalized spacial score (nSPS) is 16.4. The first-order valence-electron chi connectivity index (χ1n) is 7.93. The van der Waals surface area contributed by atoms with Crippen molar-refractivity contribution in [3.8, 4) is 0 Å². The number of benzene rings is 1. The maximum absolute atomic E-state index is 12.8. The smallest absolute Gasteiger partial charge is 0.258 e. The fourth-order valence-corrected chi connectivity index (χ4v) is 4.55. The summed E-state index contributed by atoms with van der Waals surface area (Å²) in [5.74, 6) is 0.254. The third-order valence-corrected chi connectivity index (χ3v) is 5.55. The van der Waals surface area contributed by atoms with Gasteiger partial charge in [-0.05, 0) is 55.0 Å². The highest BCUT2D eigenvalue weighted by molar-refractivity contribution is 7.17. The second-order valence-electron chi connectivity index (χ2n) is 6.20. The lowest BCUT2D eigenvalue weighted by atomic mass is 9.88. The molecule has 0 saturated carbocycles. The fraction of sp³-hybridized carbons (Fsp3) is 0.333. The summed E-state index contributed by atoms with van der Waals surface area (Å²) in [6, 6.07) is 6.99. The minimum atomic E-state index is -0.187. The molecule has 1 aromatic heterocycles. The lowest BCUT2D eigenvalue weighted by Gasteiger charge is -2.18. The van der Waals surface area contributed by atoms with Crippen molar-refractivity contribution in [1.29, 1.82) is 0 Å². The van der Waals surface area contributed by atoms with Crippen LogP contribution in [0.2, 0.25) is 5.02 Å². The molecule has 0 aliphatic heterocycles. The number of rotatable bonds is 3. The predicted molar refractivity (Wildman–Crippen MR) is 99.2 cm³/mol. The molecular formula is C18H19ClN2O2S. The van der Waals surface area contributed by atoms with Crippen molar-refractivity contribution in [2.45, 2.75) is 33.1 Å². The number of anilines is 2. The topological polar surface area (TPSA) is 58.2 Å². The molecule has 24 heavy (non-hydrogen) atoms. The van der Waals surface area contributed by atoms with Crippen LogP contribution in [0.4, 0.5) is 10.7 Å². The summed E-state index contributed by atoms with van der Waals surface area (Å²) in [5.41, 5.74) is 2.36. The van der Waals surface area contributed by atoms with E-state index in [0.29, 0.717) is 27.2 Å². The van der Waals surface area contributed by atoms with Crippen LogP contribution in [0.1, 0.15) is 41.1 Å². The zero-order chi connectivity index (χ0) is 17.3. The average molecular weight is 363 g/mol. The number of hydrogen-bond acceptors (Lipinski definition) is 3. The van der Waals surface area contributed by atoms with E-state index in [-0.39, 0.29) is 11.8 Å². The Bertz CT molecular complexity index is 783. The van der Waals surface area contributed by atoms with Gasteiger partial charge in [-0.2, -0.15) is 0 Å². The standard InChI is InChI=1S/C18H19ClN2O2S/c1-10-3-8-14-15(9-10)24-18(20-11(2)22)16(14)17(23)21-13-6-4-12(19)5-7-13/h4-7,10H,3,8-9H2,1-2H3,(H,20,22)(H,21,23)/t10-/m1/s1. The zero-order valence-corrected chi connectivity index (χ0v) is 15.2. The number of nitrogens with one attached hydrogen (secondary N) is 2. The molecular weight excluding hydrogens is 344 g/mol. The molecule has 2 aromatic rings. The number of carbonyl (C=O) groups excluding carboxylic acids is 2. The lowest BCUT2D eigenvalue weighted by molar-refractivity contribution is -0.114. The van der Waals surface area contributed by atoms with E-state index in [1.54, 1.807) is 24.3 Å². The quantitative estimate of drug-likeness (QED) is 0.828. The van der Waals surface area contributed by atoms with Crippen molar-refractivity contribution in [1.82, 2.24) is 0 Å². The van der Waals surface area contributed by atoms with Crippen LogP contribution in [0.15, 0.2) is 24.3 Å². The summed E-state index contributed by atoms with van der Waals surface area (Å²) in [6.07, 6.45) is 2.89. The van der Waals surface area contributed by atoms with Crippen molar-refractivity contribution in [2.24, 2.45) is 5.92 Å². The van der Waals surface area contributed by atoms with Crippen molar-refractivity contribution in [2.75, 3.05) is 10.6 Å². The Kier molecular flexibility index (Phi) is 4.92. The van der Waals surface area contributed by atoms with Crippen LogP contribution in [-0.2, 0) is 17.6 Å². The van der Waals surface area contributed by atoms with Gasteiger partial charge in [0.15, 0.2) is 0 Å². The van der Waals surface area contributed by atoms with E-state index in [2.05, 4.69) is 17.6 Å². The van der Waals surface area contributed by atoms with E-state index < -0.39 is 0 Å². The summed E-state index contributed by atoms with van der Waals surface area (Å²) in [7, 11) is 0. The van der Waals surface area contributed by atoms with E-state index in [1.165, 1.54) is 23.1 Å². The molecule has 4 nitrogen and oxygen atoms in total. The van der Waals surface area contributed by atoms with Crippen molar-refractivity contribution in [3.63, 3.8) is 0 Å². The molecule has 1 aliphatic rings. The van der Waals surface area contributed by atoms with Crippen LogP contribution in [-0.4, -0.2) is 11.8 Å². The van der Waals surface area contributed by atoms with E-state index in [9.17, 15) is 9.59 Å². The van der Waals surface area contributed by atoms with Gasteiger partial charge in [-0.25, -0.2) is 0 Å². The summed E-state index contributed by atoms with van der Waals surface area (Å²) >= 11 is 7.40. The highest BCUT2D eigenvalue weighted by Crippen LogP contribution is 2.40. The molecule has 0 fully saturated rings. The Morgan fingerprint density at radius 3 is 2.58 bits per heavy atom. The van der Waals surface area contributed by atoms with E-state index in [1.807, 2.05) is 0 Å². The van der Waals surface area contributed by atoms with Crippen molar-refractivity contribution >= 4 is 45.4 Å². The Morgan fingerprint density at radius 2 is 1.92 bits per heavy atom.